The van der Waals surface area contributed by atoms with Crippen molar-refractivity contribution in [1.29, 1.82) is 0 Å². The molecule has 2 rings (SSSR count). The fourth-order valence-electron chi connectivity index (χ4n) is 2.11. The van der Waals surface area contributed by atoms with Crippen LogP contribution in [0.15, 0.2) is 36.5 Å². The third-order valence-electron chi connectivity index (χ3n) is 3.11. The quantitative estimate of drug-likeness (QED) is 0.790. The Morgan fingerprint density at radius 3 is 2.84 bits per heavy atom. The molecule has 0 bridgehead atoms. The fourth-order valence-corrected chi connectivity index (χ4v) is 2.36. The lowest BCUT2D eigenvalue weighted by molar-refractivity contribution is 0.0767. The second-order valence-corrected chi connectivity index (χ2v) is 5.10. The number of halogens is 1. The highest BCUT2D eigenvalue weighted by Gasteiger charge is 2.16. The number of hydrogen-bond donors (Lipinski definition) is 0. The maximum Gasteiger partial charge on any atom is 0.254 e. The van der Waals surface area contributed by atoms with E-state index in [0.29, 0.717) is 0 Å². The van der Waals surface area contributed by atoms with Gasteiger partial charge in [0.25, 0.3) is 5.91 Å². The molecular formula is C15H17BrN2O. The average molecular weight is 321 g/mol. The van der Waals surface area contributed by atoms with Crippen LogP contribution < -0.4 is 0 Å². The van der Waals surface area contributed by atoms with Crippen LogP contribution in [0.2, 0.25) is 0 Å². The van der Waals surface area contributed by atoms with E-state index in [1.54, 1.807) is 6.20 Å². The van der Waals surface area contributed by atoms with E-state index in [1.807, 2.05) is 42.2 Å². The second-order valence-electron chi connectivity index (χ2n) is 4.30. The van der Waals surface area contributed by atoms with Crippen molar-refractivity contribution in [1.82, 2.24) is 9.88 Å². The Balaban J connectivity index is 2.35. The van der Waals surface area contributed by atoms with Gasteiger partial charge in [-0.15, -0.1) is 0 Å². The van der Waals surface area contributed by atoms with Crippen molar-refractivity contribution in [3.05, 3.63) is 42.1 Å². The van der Waals surface area contributed by atoms with Gasteiger partial charge in [-0.2, -0.15) is 0 Å². The first-order valence-electron chi connectivity index (χ1n) is 6.47. The van der Waals surface area contributed by atoms with Crippen LogP contribution in [0, 0.1) is 0 Å². The molecule has 0 radical (unpaired) electrons. The molecule has 0 unspecified atom stereocenters. The highest BCUT2D eigenvalue weighted by molar-refractivity contribution is 9.09. The molecule has 0 spiro atoms. The average Bonchev–Trinajstić information content (AvgIpc) is 2.47. The lowest BCUT2D eigenvalue weighted by Crippen LogP contribution is -2.32. The predicted molar refractivity (Wildman–Crippen MR) is 81.7 cm³/mol. The third-order valence-corrected chi connectivity index (χ3v) is 3.67. The minimum absolute atomic E-state index is 0.0852. The maximum atomic E-state index is 12.6. The Morgan fingerprint density at radius 1 is 1.32 bits per heavy atom. The number of rotatable bonds is 5. The molecule has 0 aliphatic carbocycles. The zero-order chi connectivity index (χ0) is 13.7. The molecule has 0 saturated heterocycles. The van der Waals surface area contributed by atoms with Crippen LogP contribution in [0.4, 0.5) is 0 Å². The topological polar surface area (TPSA) is 33.2 Å². The number of pyridine rings is 1. The van der Waals surface area contributed by atoms with Gasteiger partial charge in [-0.25, -0.2) is 0 Å². The monoisotopic (exact) mass is 320 g/mol. The van der Waals surface area contributed by atoms with Crippen LogP contribution in [0.1, 0.15) is 23.7 Å². The van der Waals surface area contributed by atoms with Crippen molar-refractivity contribution in [2.45, 2.75) is 13.3 Å². The van der Waals surface area contributed by atoms with E-state index < -0.39 is 0 Å². The van der Waals surface area contributed by atoms with Gasteiger partial charge >= 0.3 is 0 Å². The van der Waals surface area contributed by atoms with Gasteiger partial charge < -0.3 is 4.90 Å². The SMILES string of the molecule is CCN(CCCBr)C(=O)c1ccnc2ccccc12. The standard InChI is InChI=1S/C15H17BrN2O/c1-2-18(11-5-9-16)15(19)13-8-10-17-14-7-4-3-6-12(13)14/h3-4,6-8,10H,2,5,9,11H2,1H3. The number of fused-ring (bicyclic) bond motifs is 1. The molecule has 1 aromatic carbocycles. The van der Waals surface area contributed by atoms with Crippen molar-refractivity contribution in [2.75, 3.05) is 18.4 Å². The summed E-state index contributed by atoms with van der Waals surface area (Å²) in [4.78, 5) is 18.7. The van der Waals surface area contributed by atoms with Crippen molar-refractivity contribution in [3.63, 3.8) is 0 Å². The number of carbonyl (C=O) groups excluding carboxylic acids is 1. The van der Waals surface area contributed by atoms with Crippen molar-refractivity contribution in [2.24, 2.45) is 0 Å². The first kappa shape index (κ1) is 14.0. The van der Waals surface area contributed by atoms with E-state index in [2.05, 4.69) is 20.9 Å². The van der Waals surface area contributed by atoms with Crippen molar-refractivity contribution >= 4 is 32.7 Å². The summed E-state index contributed by atoms with van der Waals surface area (Å²) in [6, 6.07) is 9.57. The summed E-state index contributed by atoms with van der Waals surface area (Å²) in [5.74, 6) is 0.0852. The van der Waals surface area contributed by atoms with Crippen LogP contribution in [-0.4, -0.2) is 34.2 Å². The fraction of sp³-hybridized carbons (Fsp3) is 0.333. The summed E-state index contributed by atoms with van der Waals surface area (Å²) in [6.45, 7) is 3.51. The number of nitrogens with zero attached hydrogens (tertiary/aromatic N) is 2. The summed E-state index contributed by atoms with van der Waals surface area (Å²) in [6.07, 6.45) is 2.66. The second kappa shape index (κ2) is 6.66. The smallest absolute Gasteiger partial charge is 0.254 e. The largest absolute Gasteiger partial charge is 0.339 e. The Hall–Kier alpha value is -1.42. The molecule has 100 valence electrons. The van der Waals surface area contributed by atoms with Gasteiger partial charge in [0.05, 0.1) is 11.1 Å². The zero-order valence-electron chi connectivity index (χ0n) is 11.0. The van der Waals surface area contributed by atoms with Gasteiger partial charge in [0.2, 0.25) is 0 Å². The molecule has 0 atom stereocenters. The highest BCUT2D eigenvalue weighted by Crippen LogP contribution is 2.18. The van der Waals surface area contributed by atoms with Gasteiger partial charge in [-0.05, 0) is 25.5 Å². The molecule has 0 N–H and O–H groups in total. The molecule has 2 aromatic rings. The Morgan fingerprint density at radius 2 is 2.11 bits per heavy atom. The molecular weight excluding hydrogens is 304 g/mol. The zero-order valence-corrected chi connectivity index (χ0v) is 12.6. The number of benzene rings is 1. The molecule has 0 saturated carbocycles. The highest BCUT2D eigenvalue weighted by atomic mass is 79.9. The number of carbonyl (C=O) groups is 1. The predicted octanol–water partition coefficient (Wildman–Crippen LogP) is 3.48. The number of hydrogen-bond acceptors (Lipinski definition) is 2. The minimum atomic E-state index is 0.0852. The molecule has 0 aliphatic heterocycles. The summed E-state index contributed by atoms with van der Waals surface area (Å²) < 4.78 is 0. The molecule has 1 aromatic heterocycles. The van der Waals surface area contributed by atoms with Crippen LogP contribution in [0.25, 0.3) is 10.9 Å². The van der Waals surface area contributed by atoms with Gasteiger partial charge in [0.15, 0.2) is 0 Å². The first-order valence-corrected chi connectivity index (χ1v) is 7.59. The van der Waals surface area contributed by atoms with Gasteiger partial charge in [0.1, 0.15) is 0 Å². The summed E-state index contributed by atoms with van der Waals surface area (Å²) in [7, 11) is 0. The maximum absolute atomic E-state index is 12.6. The summed E-state index contributed by atoms with van der Waals surface area (Å²) in [5.41, 5.74) is 1.60. The molecule has 4 heteroatoms. The Labute approximate surface area is 121 Å². The normalized spacial score (nSPS) is 10.6. The van der Waals surface area contributed by atoms with Crippen molar-refractivity contribution in [3.8, 4) is 0 Å². The molecule has 1 heterocycles. The molecule has 0 fully saturated rings. The van der Waals surface area contributed by atoms with E-state index in [4.69, 9.17) is 0 Å². The number of para-hydroxylation sites is 1. The number of amides is 1. The third kappa shape index (κ3) is 3.13. The lowest BCUT2D eigenvalue weighted by Gasteiger charge is -2.21. The van der Waals surface area contributed by atoms with Crippen LogP contribution >= 0.6 is 15.9 Å². The van der Waals surface area contributed by atoms with E-state index >= 15 is 0 Å². The van der Waals surface area contributed by atoms with Crippen molar-refractivity contribution < 1.29 is 4.79 Å². The first-order chi connectivity index (χ1) is 9.27. The molecule has 3 nitrogen and oxygen atoms in total. The lowest BCUT2D eigenvalue weighted by atomic mass is 10.1. The number of aromatic nitrogens is 1. The summed E-state index contributed by atoms with van der Waals surface area (Å²) >= 11 is 3.40. The molecule has 19 heavy (non-hydrogen) atoms. The minimum Gasteiger partial charge on any atom is -0.339 e. The van der Waals surface area contributed by atoms with Crippen LogP contribution in [0.5, 0.6) is 0 Å². The number of alkyl halides is 1. The Bertz CT molecular complexity index is 566. The Kier molecular flexibility index (Phi) is 4.91. The van der Waals surface area contributed by atoms with Crippen LogP contribution in [-0.2, 0) is 0 Å². The molecule has 0 aliphatic rings. The molecule has 1 amide bonds. The van der Waals surface area contributed by atoms with E-state index in [0.717, 1.165) is 41.3 Å². The van der Waals surface area contributed by atoms with Gasteiger partial charge in [-0.1, -0.05) is 34.1 Å². The van der Waals surface area contributed by atoms with Gasteiger partial charge in [0, 0.05) is 30.0 Å². The van der Waals surface area contributed by atoms with E-state index in [1.165, 1.54) is 0 Å². The van der Waals surface area contributed by atoms with Gasteiger partial charge in [-0.3, -0.25) is 9.78 Å². The van der Waals surface area contributed by atoms with Crippen LogP contribution in [0.3, 0.4) is 0 Å². The van der Waals surface area contributed by atoms with E-state index in [-0.39, 0.29) is 5.91 Å². The van der Waals surface area contributed by atoms with E-state index in [9.17, 15) is 4.79 Å². The summed E-state index contributed by atoms with van der Waals surface area (Å²) in [5, 5.41) is 1.83.